The minimum Gasteiger partial charge on any atom is -0.0625 e. The van der Waals surface area contributed by atoms with Gasteiger partial charge in [-0.25, -0.2) is 0 Å². The van der Waals surface area contributed by atoms with Gasteiger partial charge in [-0.3, -0.25) is 0 Å². The Bertz CT molecular complexity index is 122. The molecular formula is C10H20. The lowest BCUT2D eigenvalue weighted by atomic mass is 9.53. The minimum atomic E-state index is 0.634. The standard InChI is InChI=1S/C10H20/c1-7(2)9-6-10(4,5)8(9)3/h7-9H,6H2,1-5H3. The Kier molecular flexibility index (Phi) is 1.82. The van der Waals surface area contributed by atoms with Gasteiger partial charge in [0.2, 0.25) is 0 Å². The minimum absolute atomic E-state index is 0.634. The van der Waals surface area contributed by atoms with E-state index in [2.05, 4.69) is 34.6 Å². The molecule has 0 heteroatoms. The van der Waals surface area contributed by atoms with Gasteiger partial charge in [0.25, 0.3) is 0 Å². The zero-order chi connectivity index (χ0) is 7.94. The van der Waals surface area contributed by atoms with E-state index in [4.69, 9.17) is 0 Å². The van der Waals surface area contributed by atoms with Crippen molar-refractivity contribution in [1.82, 2.24) is 0 Å². The van der Waals surface area contributed by atoms with Gasteiger partial charge in [0.05, 0.1) is 0 Å². The summed E-state index contributed by atoms with van der Waals surface area (Å²) in [7, 11) is 0. The van der Waals surface area contributed by atoms with Gasteiger partial charge in [-0.05, 0) is 29.6 Å². The molecule has 0 heterocycles. The molecule has 0 aromatic heterocycles. The number of hydrogen-bond acceptors (Lipinski definition) is 0. The molecule has 0 bridgehead atoms. The summed E-state index contributed by atoms with van der Waals surface area (Å²) in [5.41, 5.74) is 0.634. The van der Waals surface area contributed by atoms with E-state index >= 15 is 0 Å². The maximum atomic E-state index is 2.40. The van der Waals surface area contributed by atoms with Crippen LogP contribution in [0.25, 0.3) is 0 Å². The van der Waals surface area contributed by atoms with Crippen molar-refractivity contribution in [1.29, 1.82) is 0 Å². The van der Waals surface area contributed by atoms with Crippen LogP contribution in [0.2, 0.25) is 0 Å². The lowest BCUT2D eigenvalue weighted by molar-refractivity contribution is -0.0251. The summed E-state index contributed by atoms with van der Waals surface area (Å²) < 4.78 is 0. The smallest absolute Gasteiger partial charge is 0.0323 e. The van der Waals surface area contributed by atoms with Crippen LogP contribution in [-0.4, -0.2) is 0 Å². The van der Waals surface area contributed by atoms with E-state index in [1.54, 1.807) is 0 Å². The second-order valence-corrected chi connectivity index (χ2v) is 4.89. The molecular weight excluding hydrogens is 120 g/mol. The number of rotatable bonds is 1. The van der Waals surface area contributed by atoms with Gasteiger partial charge < -0.3 is 0 Å². The summed E-state index contributed by atoms with van der Waals surface area (Å²) in [6.45, 7) is 11.9. The third-order valence-corrected chi connectivity index (χ3v) is 3.49. The second kappa shape index (κ2) is 2.25. The molecule has 0 N–H and O–H groups in total. The third-order valence-electron chi connectivity index (χ3n) is 3.49. The Hall–Kier alpha value is 0. The molecule has 0 spiro atoms. The Morgan fingerprint density at radius 2 is 1.80 bits per heavy atom. The Labute approximate surface area is 65.0 Å². The highest BCUT2D eigenvalue weighted by atomic mass is 14.5. The van der Waals surface area contributed by atoms with Crippen LogP contribution < -0.4 is 0 Å². The zero-order valence-corrected chi connectivity index (χ0v) is 7.94. The molecule has 1 aliphatic rings. The van der Waals surface area contributed by atoms with E-state index in [-0.39, 0.29) is 0 Å². The zero-order valence-electron chi connectivity index (χ0n) is 7.94. The highest BCUT2D eigenvalue weighted by Crippen LogP contribution is 2.53. The van der Waals surface area contributed by atoms with Crippen molar-refractivity contribution in [3.8, 4) is 0 Å². The first kappa shape index (κ1) is 8.10. The molecule has 2 unspecified atom stereocenters. The molecule has 1 saturated carbocycles. The SMILES string of the molecule is CC(C)C1CC(C)(C)C1C. The quantitative estimate of drug-likeness (QED) is 0.524. The lowest BCUT2D eigenvalue weighted by Gasteiger charge is -2.52. The molecule has 1 aliphatic carbocycles. The van der Waals surface area contributed by atoms with Gasteiger partial charge in [-0.2, -0.15) is 0 Å². The first-order valence-corrected chi connectivity index (χ1v) is 4.45. The fraction of sp³-hybridized carbons (Fsp3) is 1.00. The van der Waals surface area contributed by atoms with Crippen LogP contribution in [0.15, 0.2) is 0 Å². The highest BCUT2D eigenvalue weighted by molar-refractivity contribution is 4.94. The van der Waals surface area contributed by atoms with Crippen LogP contribution in [0.5, 0.6) is 0 Å². The average molecular weight is 140 g/mol. The Balaban J connectivity index is 2.47. The topological polar surface area (TPSA) is 0 Å². The molecule has 0 aliphatic heterocycles. The summed E-state index contributed by atoms with van der Waals surface area (Å²) in [6, 6.07) is 0. The van der Waals surface area contributed by atoms with Gasteiger partial charge >= 0.3 is 0 Å². The van der Waals surface area contributed by atoms with Gasteiger partial charge in [0.15, 0.2) is 0 Å². The molecule has 60 valence electrons. The van der Waals surface area contributed by atoms with Crippen LogP contribution in [0, 0.1) is 23.2 Å². The predicted octanol–water partition coefficient (Wildman–Crippen LogP) is 3.32. The van der Waals surface area contributed by atoms with Gasteiger partial charge in [-0.1, -0.05) is 34.6 Å². The van der Waals surface area contributed by atoms with Crippen LogP contribution in [-0.2, 0) is 0 Å². The van der Waals surface area contributed by atoms with Gasteiger partial charge in [-0.15, -0.1) is 0 Å². The van der Waals surface area contributed by atoms with Gasteiger partial charge in [0.1, 0.15) is 0 Å². The number of hydrogen-bond donors (Lipinski definition) is 0. The average Bonchev–Trinajstić information content (AvgIpc) is 1.82. The van der Waals surface area contributed by atoms with Crippen molar-refractivity contribution in [2.75, 3.05) is 0 Å². The molecule has 1 rings (SSSR count). The van der Waals surface area contributed by atoms with E-state index in [0.717, 1.165) is 17.8 Å². The van der Waals surface area contributed by atoms with E-state index in [1.165, 1.54) is 6.42 Å². The summed E-state index contributed by atoms with van der Waals surface area (Å²) >= 11 is 0. The summed E-state index contributed by atoms with van der Waals surface area (Å²) in [5.74, 6) is 2.82. The molecule has 0 aromatic rings. The summed E-state index contributed by atoms with van der Waals surface area (Å²) in [4.78, 5) is 0. The molecule has 2 atom stereocenters. The normalized spacial score (nSPS) is 37.8. The van der Waals surface area contributed by atoms with Crippen molar-refractivity contribution in [2.24, 2.45) is 23.2 Å². The van der Waals surface area contributed by atoms with E-state index in [1.807, 2.05) is 0 Å². The van der Waals surface area contributed by atoms with Crippen LogP contribution in [0.3, 0.4) is 0 Å². The van der Waals surface area contributed by atoms with Gasteiger partial charge in [0, 0.05) is 0 Å². The first-order valence-electron chi connectivity index (χ1n) is 4.45. The lowest BCUT2D eigenvalue weighted by Crippen LogP contribution is -2.44. The van der Waals surface area contributed by atoms with Crippen LogP contribution in [0.4, 0.5) is 0 Å². The Morgan fingerprint density at radius 3 is 1.90 bits per heavy atom. The third kappa shape index (κ3) is 1.09. The molecule has 0 nitrogen and oxygen atoms in total. The molecule has 0 aromatic carbocycles. The maximum absolute atomic E-state index is 2.40. The van der Waals surface area contributed by atoms with Crippen molar-refractivity contribution in [3.05, 3.63) is 0 Å². The monoisotopic (exact) mass is 140 g/mol. The first-order chi connectivity index (χ1) is 4.45. The molecule has 0 saturated heterocycles. The maximum Gasteiger partial charge on any atom is -0.0323 e. The van der Waals surface area contributed by atoms with E-state index < -0.39 is 0 Å². The molecule has 10 heavy (non-hydrogen) atoms. The largest absolute Gasteiger partial charge is 0.0625 e. The predicted molar refractivity (Wildman–Crippen MR) is 45.9 cm³/mol. The van der Waals surface area contributed by atoms with E-state index in [9.17, 15) is 0 Å². The Morgan fingerprint density at radius 1 is 1.30 bits per heavy atom. The van der Waals surface area contributed by atoms with Crippen molar-refractivity contribution in [2.45, 2.75) is 41.0 Å². The fourth-order valence-electron chi connectivity index (χ4n) is 2.20. The summed E-state index contributed by atoms with van der Waals surface area (Å²) in [6.07, 6.45) is 1.44. The van der Waals surface area contributed by atoms with Crippen molar-refractivity contribution >= 4 is 0 Å². The van der Waals surface area contributed by atoms with Crippen LogP contribution >= 0.6 is 0 Å². The fourth-order valence-corrected chi connectivity index (χ4v) is 2.20. The highest BCUT2D eigenvalue weighted by Gasteiger charge is 2.44. The van der Waals surface area contributed by atoms with E-state index in [0.29, 0.717) is 5.41 Å². The molecule has 0 amide bonds. The molecule has 0 radical (unpaired) electrons. The molecule has 1 fully saturated rings. The second-order valence-electron chi connectivity index (χ2n) is 4.89. The van der Waals surface area contributed by atoms with Crippen molar-refractivity contribution < 1.29 is 0 Å². The summed E-state index contributed by atoms with van der Waals surface area (Å²) in [5, 5.41) is 0. The van der Waals surface area contributed by atoms with Crippen LogP contribution in [0.1, 0.15) is 41.0 Å². The van der Waals surface area contributed by atoms with Crippen molar-refractivity contribution in [3.63, 3.8) is 0 Å².